The van der Waals surface area contributed by atoms with Crippen molar-refractivity contribution in [3.63, 3.8) is 0 Å². The molecule has 1 heterocycles. The van der Waals surface area contributed by atoms with E-state index in [1.54, 1.807) is 0 Å². The molecule has 1 nitrogen and oxygen atoms in total. The molecule has 1 aliphatic rings. The summed E-state index contributed by atoms with van der Waals surface area (Å²) in [6.45, 7) is 2.51. The molecular weight excluding hydrogens is 276 g/mol. The van der Waals surface area contributed by atoms with Gasteiger partial charge in [0.05, 0.1) is 0 Å². The number of hydrogen-bond donors (Lipinski definition) is 0. The molecule has 0 atom stereocenters. The molecular formula is C12H14BrF2N. The van der Waals surface area contributed by atoms with Crippen molar-refractivity contribution >= 4 is 15.9 Å². The summed E-state index contributed by atoms with van der Waals surface area (Å²) in [5.41, 5.74) is 0.578. The van der Waals surface area contributed by atoms with Gasteiger partial charge in [-0.15, -0.1) is 0 Å². The lowest BCUT2D eigenvalue weighted by molar-refractivity contribution is 0.223. The first-order valence-electron chi connectivity index (χ1n) is 5.45. The lowest BCUT2D eigenvalue weighted by Crippen LogP contribution is -2.33. The lowest BCUT2D eigenvalue weighted by Gasteiger charge is -2.29. The summed E-state index contributed by atoms with van der Waals surface area (Å²) in [6.07, 6.45) is 2.17. The van der Waals surface area contributed by atoms with E-state index < -0.39 is 11.6 Å². The molecule has 0 aliphatic carbocycles. The molecule has 0 aromatic heterocycles. The zero-order valence-corrected chi connectivity index (χ0v) is 10.5. The van der Waals surface area contributed by atoms with Crippen molar-refractivity contribution in [2.45, 2.75) is 24.2 Å². The van der Waals surface area contributed by atoms with E-state index in [1.807, 2.05) is 0 Å². The maximum Gasteiger partial charge on any atom is 0.130 e. The van der Waals surface area contributed by atoms with Crippen LogP contribution in [0.1, 0.15) is 18.4 Å². The molecule has 2 rings (SSSR count). The highest BCUT2D eigenvalue weighted by atomic mass is 79.9. The highest BCUT2D eigenvalue weighted by Gasteiger charge is 2.17. The van der Waals surface area contributed by atoms with Gasteiger partial charge in [-0.25, -0.2) is 8.78 Å². The number of halogens is 3. The van der Waals surface area contributed by atoms with E-state index in [1.165, 1.54) is 12.1 Å². The number of hydrogen-bond acceptors (Lipinski definition) is 1. The van der Waals surface area contributed by atoms with E-state index in [-0.39, 0.29) is 0 Å². The summed E-state index contributed by atoms with van der Waals surface area (Å²) in [7, 11) is 0. The van der Waals surface area contributed by atoms with Crippen molar-refractivity contribution in [2.75, 3.05) is 13.1 Å². The van der Waals surface area contributed by atoms with E-state index in [2.05, 4.69) is 20.8 Å². The minimum absolute atomic E-state index is 0.444. The van der Waals surface area contributed by atoms with Crippen LogP contribution < -0.4 is 0 Å². The topological polar surface area (TPSA) is 3.24 Å². The average Bonchev–Trinajstić information content (AvgIpc) is 2.25. The zero-order chi connectivity index (χ0) is 11.5. The highest BCUT2D eigenvalue weighted by Crippen LogP contribution is 2.20. The van der Waals surface area contributed by atoms with Crippen molar-refractivity contribution in [1.82, 2.24) is 4.90 Å². The van der Waals surface area contributed by atoms with Gasteiger partial charge >= 0.3 is 0 Å². The summed E-state index contributed by atoms with van der Waals surface area (Å²) in [5.74, 6) is -0.957. The number of rotatable bonds is 2. The van der Waals surface area contributed by atoms with Crippen molar-refractivity contribution in [2.24, 2.45) is 0 Å². The maximum absolute atomic E-state index is 13.4. The molecule has 1 saturated heterocycles. The number of piperidine rings is 1. The monoisotopic (exact) mass is 289 g/mol. The zero-order valence-electron chi connectivity index (χ0n) is 8.93. The van der Waals surface area contributed by atoms with E-state index in [0.29, 0.717) is 16.9 Å². The Labute approximate surface area is 103 Å². The molecule has 0 radical (unpaired) electrons. The van der Waals surface area contributed by atoms with Gasteiger partial charge in [0.25, 0.3) is 0 Å². The van der Waals surface area contributed by atoms with Crippen LogP contribution >= 0.6 is 15.9 Å². The smallest absolute Gasteiger partial charge is 0.130 e. The molecule has 0 saturated carbocycles. The summed E-state index contributed by atoms with van der Waals surface area (Å²) in [6, 6.07) is 3.80. The quantitative estimate of drug-likeness (QED) is 0.755. The van der Waals surface area contributed by atoms with Crippen molar-refractivity contribution < 1.29 is 8.78 Å². The third-order valence-electron chi connectivity index (χ3n) is 2.93. The van der Waals surface area contributed by atoms with Crippen LogP contribution in [0.15, 0.2) is 18.2 Å². The van der Waals surface area contributed by atoms with E-state index in [4.69, 9.17) is 0 Å². The summed E-state index contributed by atoms with van der Waals surface area (Å²) in [4.78, 5) is 2.79. The first-order chi connectivity index (χ1) is 7.65. The molecule has 0 spiro atoms. The Kier molecular flexibility index (Phi) is 3.92. The van der Waals surface area contributed by atoms with Gasteiger partial charge < -0.3 is 0 Å². The van der Waals surface area contributed by atoms with Crippen molar-refractivity contribution in [3.05, 3.63) is 35.4 Å². The fourth-order valence-corrected chi connectivity index (χ4v) is 2.36. The predicted molar refractivity (Wildman–Crippen MR) is 63.6 cm³/mol. The Morgan fingerprint density at radius 1 is 1.25 bits per heavy atom. The fourth-order valence-electron chi connectivity index (χ4n) is 1.95. The fraction of sp³-hybridized carbons (Fsp3) is 0.500. The van der Waals surface area contributed by atoms with Crippen LogP contribution in [-0.2, 0) is 6.54 Å². The summed E-state index contributed by atoms with van der Waals surface area (Å²) in [5, 5.41) is 0. The number of nitrogens with zero attached hydrogens (tertiary/aromatic N) is 1. The molecule has 1 aromatic carbocycles. The second kappa shape index (κ2) is 5.23. The molecule has 1 aromatic rings. The summed E-state index contributed by atoms with van der Waals surface area (Å²) >= 11 is 3.57. The minimum atomic E-state index is -0.514. The minimum Gasteiger partial charge on any atom is -0.299 e. The van der Waals surface area contributed by atoms with Gasteiger partial charge in [-0.2, -0.15) is 0 Å². The first kappa shape index (κ1) is 12.0. The Morgan fingerprint density at radius 2 is 1.94 bits per heavy atom. The Bertz CT molecular complexity index is 362. The van der Waals surface area contributed by atoms with Crippen LogP contribution in [0.25, 0.3) is 0 Å². The predicted octanol–water partition coefficient (Wildman–Crippen LogP) is 3.32. The van der Waals surface area contributed by atoms with Crippen molar-refractivity contribution in [1.29, 1.82) is 0 Å². The van der Waals surface area contributed by atoms with Gasteiger partial charge in [-0.3, -0.25) is 4.90 Å². The Balaban J connectivity index is 1.98. The van der Waals surface area contributed by atoms with Gasteiger partial charge in [0, 0.05) is 23.0 Å². The van der Waals surface area contributed by atoms with Crippen LogP contribution in [0.2, 0.25) is 0 Å². The number of likely N-dealkylation sites (tertiary alicyclic amines) is 1. The van der Waals surface area contributed by atoms with E-state index >= 15 is 0 Å². The van der Waals surface area contributed by atoms with E-state index in [9.17, 15) is 8.78 Å². The van der Waals surface area contributed by atoms with Crippen LogP contribution in [0.3, 0.4) is 0 Å². The Hall–Kier alpha value is -0.480. The van der Waals surface area contributed by atoms with Gasteiger partial charge in [-0.05, 0) is 32.0 Å². The van der Waals surface area contributed by atoms with Gasteiger partial charge in [0.2, 0.25) is 0 Å². The largest absolute Gasteiger partial charge is 0.299 e. The molecule has 1 aliphatic heterocycles. The molecule has 16 heavy (non-hydrogen) atoms. The lowest BCUT2D eigenvalue weighted by atomic mass is 10.1. The number of benzene rings is 1. The SMILES string of the molecule is Fc1ccc(CN2CCC(Br)CC2)c(F)c1. The first-order valence-corrected chi connectivity index (χ1v) is 6.37. The second-order valence-electron chi connectivity index (χ2n) is 4.19. The maximum atomic E-state index is 13.4. The van der Waals surface area contributed by atoms with Gasteiger partial charge in [0.15, 0.2) is 0 Å². The molecule has 1 fully saturated rings. The molecule has 88 valence electrons. The molecule has 0 N–H and O–H groups in total. The molecule has 0 unspecified atom stereocenters. The number of alkyl halides is 1. The summed E-state index contributed by atoms with van der Waals surface area (Å²) < 4.78 is 26.1. The van der Waals surface area contributed by atoms with E-state index in [0.717, 1.165) is 32.0 Å². The highest BCUT2D eigenvalue weighted by molar-refractivity contribution is 9.09. The van der Waals surface area contributed by atoms with Crippen molar-refractivity contribution in [3.8, 4) is 0 Å². The Morgan fingerprint density at radius 3 is 2.56 bits per heavy atom. The molecule has 0 amide bonds. The third-order valence-corrected chi connectivity index (χ3v) is 3.84. The normalized spacial score (nSPS) is 18.9. The van der Waals surface area contributed by atoms with Crippen LogP contribution in [-0.4, -0.2) is 22.8 Å². The van der Waals surface area contributed by atoms with Crippen LogP contribution in [0, 0.1) is 11.6 Å². The third kappa shape index (κ3) is 3.01. The molecule has 4 heteroatoms. The van der Waals surface area contributed by atoms with Gasteiger partial charge in [-0.1, -0.05) is 22.0 Å². The van der Waals surface area contributed by atoms with Crippen LogP contribution in [0.5, 0.6) is 0 Å². The average molecular weight is 290 g/mol. The van der Waals surface area contributed by atoms with Crippen LogP contribution in [0.4, 0.5) is 8.78 Å². The molecule has 0 bridgehead atoms. The van der Waals surface area contributed by atoms with Gasteiger partial charge in [0.1, 0.15) is 11.6 Å². The second-order valence-corrected chi connectivity index (χ2v) is 5.48. The standard InChI is InChI=1S/C12H14BrF2N/c13-10-3-5-16(6-4-10)8-9-1-2-11(14)7-12(9)15/h1-2,7,10H,3-6,8H2.